The molecule has 7 saturated heterocycles. The molecule has 7 aliphatic heterocycles. The Morgan fingerprint density at radius 1 is 0.333 bits per heavy atom. The van der Waals surface area contributed by atoms with Gasteiger partial charge in [0.15, 0.2) is 43.9 Å². The van der Waals surface area contributed by atoms with Gasteiger partial charge in [-0.3, -0.25) is 0 Å². The van der Waals surface area contributed by atoms with Crippen LogP contribution in [0.5, 0.6) is 0 Å². The number of nitrogens with one attached hydrogen (secondary N) is 2. The van der Waals surface area contributed by atoms with Crippen LogP contribution >= 0.6 is 0 Å². The minimum Gasteiger partial charge on any atom is -0.395 e. The highest BCUT2D eigenvalue weighted by Gasteiger charge is 2.55. The standard InChI is InChI=1S/C13H27FN4O4.C13H24N4O5.C13H28N4O5.C13H27N3O5.C12H24FN3O6.C12H25N3O5/c14-4-8(18)9-2-1-5(15)13(21-9)22-12-7(17)3-6(16)10(19)11(12)20;14-4-5-1-2-6(15)12(21-5)22-11-8-3-7(9(18)10(11)19)16-13(20)17-8;14-5-1-2-9(8(17)4-18)21-13(5)22-12-7(16)3-6(15)10(19)11(12)20;1-19-11-7(15)4-8(16)12(10(11)18)21-13-9(17)3-2-6(5-14)20-13;13-6-8(18)5(2-14)21-12(9(6)19)22-11-4(16)1-3(15)7(17)10(11)20;13-4-5-1-2-8(16)12(19-5)20-11-7(15)3-6(14)9(17)10(11)18/h5-13,19-20H,1-4,15-18H2;5-12,18-19H,1-4,14-15H2,(H2,16,17,20);5-13,18-20H,1-4,14-17H2;6-13,17-18H,2-5,14-16H2,1H3;3-12,17-20H,1-2,14-16H2;5-12,16-18H,1-4,13-15H2. The van der Waals surface area contributed by atoms with Crippen molar-refractivity contribution in [3.05, 3.63) is 0 Å². The van der Waals surface area contributed by atoms with Crippen molar-refractivity contribution in [2.45, 2.75) is 420 Å². The van der Waals surface area contributed by atoms with Crippen molar-refractivity contribution in [1.82, 2.24) is 10.6 Å². The lowest BCUT2D eigenvalue weighted by Crippen LogP contribution is -2.71. The average molecular weight is 1880 g/mol. The summed E-state index contributed by atoms with van der Waals surface area (Å²) in [5.74, 6) is 0. The number of hydrogen-bond acceptors (Lipinski definition) is 49. The maximum atomic E-state index is 13.9. The molecule has 0 aromatic rings. The van der Waals surface area contributed by atoms with Gasteiger partial charge >= 0.3 is 6.03 Å². The van der Waals surface area contributed by atoms with Crippen LogP contribution in [0, 0.1) is 0 Å². The molecule has 2 bridgehead atoms. The Kier molecular flexibility index (Phi) is 44.7. The van der Waals surface area contributed by atoms with Crippen LogP contribution in [0.1, 0.15) is 103 Å². The topological polar surface area (TPSA) is 979 Å². The van der Waals surface area contributed by atoms with E-state index >= 15 is 0 Å². The van der Waals surface area contributed by atoms with Gasteiger partial charge in [-0.1, -0.05) is 0 Å². The second-order valence-electron chi connectivity index (χ2n) is 36.1. The molecule has 52 atom stereocenters. The zero-order valence-electron chi connectivity index (χ0n) is 72.7. The highest BCUT2D eigenvalue weighted by Crippen LogP contribution is 2.36. The Morgan fingerprint density at radius 3 is 1.03 bits per heavy atom. The zero-order valence-corrected chi connectivity index (χ0v) is 72.7. The number of amides is 2. The Balaban J connectivity index is 0.000000191. The predicted molar refractivity (Wildman–Crippen MR) is 449 cm³/mol. The normalized spacial score (nSPS) is 49.4. The smallest absolute Gasteiger partial charge is 0.315 e. The van der Waals surface area contributed by atoms with E-state index in [1.807, 2.05) is 0 Å². The van der Waals surface area contributed by atoms with Gasteiger partial charge in [0.2, 0.25) is 0 Å². The number of urea groups is 1. The number of aliphatic hydroxyl groups is 16. The fourth-order valence-corrected chi connectivity index (χ4v) is 18.1. The second-order valence-corrected chi connectivity index (χ2v) is 36.1. The first-order chi connectivity index (χ1) is 60.9. The Bertz CT molecular complexity index is 3160. The summed E-state index contributed by atoms with van der Waals surface area (Å²) >= 11 is 0. The summed E-state index contributed by atoms with van der Waals surface area (Å²) in [6.45, 7) is -0.0240. The lowest BCUT2D eigenvalue weighted by molar-refractivity contribution is -0.310. The van der Waals surface area contributed by atoms with E-state index in [0.717, 1.165) is 6.42 Å². The van der Waals surface area contributed by atoms with Crippen molar-refractivity contribution in [1.29, 1.82) is 0 Å². The van der Waals surface area contributed by atoms with Crippen LogP contribution in [0.3, 0.4) is 0 Å². The summed E-state index contributed by atoms with van der Waals surface area (Å²) in [5, 5.41) is 164. The number of halogens is 2. The van der Waals surface area contributed by atoms with Gasteiger partial charge in [-0.25, -0.2) is 13.6 Å². The molecule has 2 amide bonds. The summed E-state index contributed by atoms with van der Waals surface area (Å²) in [5.41, 5.74) is 110. The molecule has 56 N–H and O–H groups in total. The molecule has 51 nitrogen and oxygen atoms in total. The first-order valence-corrected chi connectivity index (χ1v) is 44.5. The molecule has 758 valence electrons. The van der Waals surface area contributed by atoms with Crippen molar-refractivity contribution in [2.75, 3.05) is 46.6 Å². The SMILES string of the molecule is COC1C(N)CC(N)C(OC2OC(CN)CCC2O)C1O.NC(CF)C1CCC(N)C(OC2C(N)CC(N)C(O)C2O)O1.NC(CO)C1CCC(N)C(OC2C(N)CC(N)C(O)C2O)O1.NCC1CCC(N)C(OC2C3CC(NC(=O)N3)C(O)C2O)O1.NCC1CCC(O)C(OC2C(N)CC(N)C(O)C2O)O1.NCC1OC(OC2C(N)CC(N)C(O)C2O)C(O)C(F)C1O. The van der Waals surface area contributed by atoms with Crippen LogP contribution in [-0.2, 0) is 61.6 Å². The fourth-order valence-electron chi connectivity index (χ4n) is 18.1. The van der Waals surface area contributed by atoms with Gasteiger partial charge < -0.3 is 263 Å². The van der Waals surface area contributed by atoms with Crippen LogP contribution < -0.4 is 120 Å². The molecule has 52 unspecified atom stereocenters. The highest BCUT2D eigenvalue weighted by molar-refractivity contribution is 5.76. The van der Waals surface area contributed by atoms with E-state index in [0.29, 0.717) is 110 Å². The summed E-state index contributed by atoms with van der Waals surface area (Å²) in [6.07, 6.45) is -25.2. The second kappa shape index (κ2) is 51.7. The molecule has 0 aromatic carbocycles. The first-order valence-electron chi connectivity index (χ1n) is 44.5. The molecule has 0 spiro atoms. The maximum Gasteiger partial charge on any atom is 0.315 e. The number of methoxy groups -OCH3 is 1. The number of nitrogens with two attached hydrogens (primary N) is 19. The molecule has 53 heteroatoms. The molecular weight excluding hydrogens is 1720 g/mol. The quantitative estimate of drug-likeness (QED) is 0.0507. The van der Waals surface area contributed by atoms with Crippen LogP contribution in [0.15, 0.2) is 0 Å². The molecular formula is C76H155F2N21O30. The minimum atomic E-state index is -2.02. The van der Waals surface area contributed by atoms with Crippen molar-refractivity contribution in [2.24, 2.45) is 109 Å². The largest absolute Gasteiger partial charge is 0.395 e. The van der Waals surface area contributed by atoms with E-state index in [4.69, 9.17) is 176 Å². The van der Waals surface area contributed by atoms with E-state index in [9.17, 15) is 90.2 Å². The van der Waals surface area contributed by atoms with Gasteiger partial charge in [-0.05, 0) is 103 Å². The highest BCUT2D eigenvalue weighted by atomic mass is 19.1. The first kappa shape index (κ1) is 112. The molecule has 13 aliphatic rings. The van der Waals surface area contributed by atoms with Crippen LogP contribution in [-0.4, -0.2) is 452 Å². The van der Waals surface area contributed by atoms with Crippen LogP contribution in [0.25, 0.3) is 0 Å². The Labute approximate surface area is 746 Å². The monoisotopic (exact) mass is 1880 g/mol. The number of ether oxygens (including phenoxy) is 13. The number of carbonyl (C=O) groups is 1. The van der Waals surface area contributed by atoms with Gasteiger partial charge in [0.1, 0.15) is 123 Å². The van der Waals surface area contributed by atoms with Crippen LogP contribution in [0.4, 0.5) is 13.6 Å². The van der Waals surface area contributed by atoms with Gasteiger partial charge in [0.25, 0.3) is 0 Å². The molecule has 7 heterocycles. The van der Waals surface area contributed by atoms with E-state index < -0.39 is 288 Å². The third-order valence-electron chi connectivity index (χ3n) is 26.3. The number of rotatable bonds is 21. The minimum absolute atomic E-state index is 0.134. The van der Waals surface area contributed by atoms with Crippen molar-refractivity contribution in [3.8, 4) is 0 Å². The number of alkyl halides is 2. The molecule has 129 heavy (non-hydrogen) atoms. The molecule has 13 fully saturated rings. The summed E-state index contributed by atoms with van der Waals surface area (Å²) in [4.78, 5) is 11.6. The van der Waals surface area contributed by atoms with Gasteiger partial charge in [0, 0.05) is 93.7 Å². The van der Waals surface area contributed by atoms with E-state index in [-0.39, 0.29) is 62.1 Å². The lowest BCUT2D eigenvalue weighted by atomic mass is 9.82. The number of fused-ring (bicyclic) bond motifs is 2. The molecule has 6 saturated carbocycles. The van der Waals surface area contributed by atoms with Crippen LogP contribution in [0.2, 0.25) is 0 Å². The fraction of sp³-hybridized carbons (Fsp3) is 0.987. The number of hydrogen-bond donors (Lipinski definition) is 37. The Morgan fingerprint density at radius 2 is 0.651 bits per heavy atom. The van der Waals surface area contributed by atoms with E-state index in [1.165, 1.54) is 7.11 Å². The van der Waals surface area contributed by atoms with Crippen molar-refractivity contribution >= 4 is 6.03 Å². The number of aliphatic hydroxyl groups excluding tert-OH is 16. The Hall–Kier alpha value is -2.79. The summed E-state index contributed by atoms with van der Waals surface area (Å²) in [6, 6.07) is -9.35. The predicted octanol–water partition coefficient (Wildman–Crippen LogP) is -18.6. The van der Waals surface area contributed by atoms with Crippen molar-refractivity contribution in [3.63, 3.8) is 0 Å². The van der Waals surface area contributed by atoms with Crippen molar-refractivity contribution < 1.29 is 157 Å². The molecule has 13 rings (SSSR count). The average Bonchev–Trinajstić information content (AvgIpc) is 0.769. The maximum absolute atomic E-state index is 13.9. The van der Waals surface area contributed by atoms with Gasteiger partial charge in [-0.2, -0.15) is 0 Å². The van der Waals surface area contributed by atoms with Gasteiger partial charge in [-0.15, -0.1) is 0 Å². The van der Waals surface area contributed by atoms with E-state index in [1.54, 1.807) is 0 Å². The molecule has 6 aliphatic carbocycles. The third-order valence-corrected chi connectivity index (χ3v) is 26.3. The summed E-state index contributed by atoms with van der Waals surface area (Å²) < 4.78 is 99.2. The number of carbonyl (C=O) groups excluding carboxylic acids is 1. The lowest BCUT2D eigenvalue weighted by Gasteiger charge is -2.48. The molecule has 0 aromatic heterocycles. The summed E-state index contributed by atoms with van der Waals surface area (Å²) in [7, 11) is 1.48. The van der Waals surface area contributed by atoms with E-state index in [2.05, 4.69) is 10.6 Å². The zero-order chi connectivity index (χ0) is 95.8. The third kappa shape index (κ3) is 29.0. The molecule has 0 radical (unpaired) electrons. The van der Waals surface area contributed by atoms with Gasteiger partial charge in [0.05, 0.1) is 104 Å².